The van der Waals surface area contributed by atoms with Gasteiger partial charge in [-0.05, 0) is 31.6 Å². The van der Waals surface area contributed by atoms with Gasteiger partial charge < -0.3 is 14.5 Å². The Bertz CT molecular complexity index is 424. The predicted octanol–water partition coefficient (Wildman–Crippen LogP) is 2.30. The number of ether oxygens (including phenoxy) is 1. The zero-order valence-corrected chi connectivity index (χ0v) is 15.0. The van der Waals surface area contributed by atoms with E-state index in [9.17, 15) is 9.59 Å². The van der Waals surface area contributed by atoms with Crippen LogP contribution in [0, 0.1) is 11.3 Å². The van der Waals surface area contributed by atoms with Crippen molar-refractivity contribution >= 4 is 11.8 Å². The van der Waals surface area contributed by atoms with Gasteiger partial charge in [0.15, 0.2) is 0 Å². The van der Waals surface area contributed by atoms with E-state index in [4.69, 9.17) is 4.74 Å². The van der Waals surface area contributed by atoms with E-state index in [0.717, 1.165) is 51.9 Å². The average Bonchev–Trinajstić information content (AvgIpc) is 2.54. The van der Waals surface area contributed by atoms with Gasteiger partial charge in [0.2, 0.25) is 11.8 Å². The molecule has 0 aromatic rings. The molecule has 0 aromatic carbocycles. The molecule has 1 atom stereocenters. The van der Waals surface area contributed by atoms with Crippen LogP contribution in [-0.2, 0) is 14.3 Å². The first-order valence-electron chi connectivity index (χ1n) is 9.00. The number of rotatable bonds is 6. The van der Waals surface area contributed by atoms with Crippen LogP contribution in [0.15, 0.2) is 0 Å². The Morgan fingerprint density at radius 1 is 1.30 bits per heavy atom. The van der Waals surface area contributed by atoms with Gasteiger partial charge in [-0.2, -0.15) is 0 Å². The Balaban J connectivity index is 1.96. The third-order valence-corrected chi connectivity index (χ3v) is 5.26. The van der Waals surface area contributed by atoms with Crippen molar-refractivity contribution in [1.29, 1.82) is 0 Å². The van der Waals surface area contributed by atoms with Crippen molar-refractivity contribution in [3.63, 3.8) is 0 Å². The van der Waals surface area contributed by atoms with E-state index in [2.05, 4.69) is 13.8 Å². The van der Waals surface area contributed by atoms with Gasteiger partial charge in [-0.3, -0.25) is 9.59 Å². The molecule has 5 nitrogen and oxygen atoms in total. The molecule has 2 fully saturated rings. The highest BCUT2D eigenvalue weighted by atomic mass is 16.5. The number of methoxy groups -OCH3 is 1. The molecule has 0 saturated carbocycles. The summed E-state index contributed by atoms with van der Waals surface area (Å²) in [5, 5.41) is 0. The number of amides is 2. The molecule has 2 aliphatic heterocycles. The van der Waals surface area contributed by atoms with Crippen LogP contribution in [0.5, 0.6) is 0 Å². The van der Waals surface area contributed by atoms with Crippen molar-refractivity contribution in [3.8, 4) is 0 Å². The van der Waals surface area contributed by atoms with Gasteiger partial charge in [-0.1, -0.05) is 13.8 Å². The number of piperidine rings is 2. The second-order valence-electron chi connectivity index (χ2n) is 7.66. The van der Waals surface area contributed by atoms with Gasteiger partial charge in [0.1, 0.15) is 0 Å². The van der Waals surface area contributed by atoms with Gasteiger partial charge in [-0.25, -0.2) is 0 Å². The highest BCUT2D eigenvalue weighted by molar-refractivity contribution is 5.78. The van der Waals surface area contributed by atoms with Gasteiger partial charge in [0, 0.05) is 45.1 Å². The zero-order valence-electron chi connectivity index (χ0n) is 15.0. The highest BCUT2D eigenvalue weighted by Crippen LogP contribution is 2.39. The second-order valence-corrected chi connectivity index (χ2v) is 7.66. The first-order chi connectivity index (χ1) is 11.0. The van der Waals surface area contributed by atoms with Crippen molar-refractivity contribution in [2.45, 2.75) is 52.4 Å². The summed E-state index contributed by atoms with van der Waals surface area (Å²) in [5.74, 6) is 1.09. The minimum atomic E-state index is 0.117. The quantitative estimate of drug-likeness (QED) is 0.753. The Morgan fingerprint density at radius 3 is 2.78 bits per heavy atom. The fourth-order valence-corrected chi connectivity index (χ4v) is 3.82. The lowest BCUT2D eigenvalue weighted by Gasteiger charge is -2.48. The zero-order chi connectivity index (χ0) is 16.9. The predicted molar refractivity (Wildman–Crippen MR) is 90.0 cm³/mol. The van der Waals surface area contributed by atoms with E-state index in [1.54, 1.807) is 7.11 Å². The van der Waals surface area contributed by atoms with Crippen LogP contribution < -0.4 is 0 Å². The van der Waals surface area contributed by atoms with Crippen molar-refractivity contribution in [2.75, 3.05) is 39.9 Å². The molecule has 0 radical (unpaired) electrons. The molecule has 0 N–H and O–H groups in total. The Labute approximate surface area is 140 Å². The second kappa shape index (κ2) is 8.13. The van der Waals surface area contributed by atoms with Crippen molar-refractivity contribution in [1.82, 2.24) is 9.80 Å². The third kappa shape index (κ3) is 4.93. The largest absolute Gasteiger partial charge is 0.384 e. The molecule has 5 heteroatoms. The van der Waals surface area contributed by atoms with Crippen LogP contribution in [0.3, 0.4) is 0 Å². The molecule has 132 valence electrons. The minimum Gasteiger partial charge on any atom is -0.384 e. The molecule has 2 aliphatic rings. The van der Waals surface area contributed by atoms with Crippen LogP contribution in [0.4, 0.5) is 0 Å². The van der Waals surface area contributed by atoms with Crippen LogP contribution in [0.2, 0.25) is 0 Å². The summed E-state index contributed by atoms with van der Waals surface area (Å²) in [6.45, 7) is 8.22. The molecule has 0 aliphatic carbocycles. The van der Waals surface area contributed by atoms with Gasteiger partial charge in [0.05, 0.1) is 13.0 Å². The molecule has 2 rings (SSSR count). The summed E-state index contributed by atoms with van der Waals surface area (Å²) >= 11 is 0. The first-order valence-corrected chi connectivity index (χ1v) is 9.00. The van der Waals surface area contributed by atoms with Crippen LogP contribution in [-0.4, -0.2) is 61.5 Å². The van der Waals surface area contributed by atoms with Crippen molar-refractivity contribution in [2.24, 2.45) is 11.3 Å². The molecular weight excluding hydrogens is 292 g/mol. The minimum absolute atomic E-state index is 0.117. The van der Waals surface area contributed by atoms with Crippen molar-refractivity contribution < 1.29 is 14.3 Å². The normalized spacial score (nSPS) is 25.5. The van der Waals surface area contributed by atoms with E-state index < -0.39 is 0 Å². The maximum Gasteiger partial charge on any atom is 0.224 e. The summed E-state index contributed by atoms with van der Waals surface area (Å²) in [7, 11) is 1.63. The lowest BCUT2D eigenvalue weighted by Crippen LogP contribution is -2.55. The molecule has 0 bridgehead atoms. The Kier molecular flexibility index (Phi) is 6.45. The van der Waals surface area contributed by atoms with E-state index in [1.807, 2.05) is 9.80 Å². The molecule has 23 heavy (non-hydrogen) atoms. The molecule has 0 unspecified atom stereocenters. The third-order valence-electron chi connectivity index (χ3n) is 5.26. The summed E-state index contributed by atoms with van der Waals surface area (Å²) in [6.07, 6.45) is 5.26. The number of carbonyl (C=O) groups is 2. The summed E-state index contributed by atoms with van der Waals surface area (Å²) in [6, 6.07) is 0. The number of carbonyl (C=O) groups excluding carboxylic acids is 2. The molecule has 1 spiro atoms. The first kappa shape index (κ1) is 18.2. The molecule has 0 aromatic heterocycles. The fraction of sp³-hybridized carbons (Fsp3) is 0.889. The van der Waals surface area contributed by atoms with E-state index in [0.29, 0.717) is 31.3 Å². The van der Waals surface area contributed by atoms with E-state index in [-0.39, 0.29) is 11.3 Å². The lowest BCUT2D eigenvalue weighted by molar-refractivity contribution is -0.143. The molecular formula is C18H32N2O3. The molecule has 2 saturated heterocycles. The smallest absolute Gasteiger partial charge is 0.224 e. The average molecular weight is 324 g/mol. The Morgan fingerprint density at radius 2 is 2.09 bits per heavy atom. The SMILES string of the molecule is COCCC(=O)N1CCC[C@]2(CCC(=O)N(CCC(C)C)C2)C1. The van der Waals surface area contributed by atoms with Crippen molar-refractivity contribution in [3.05, 3.63) is 0 Å². The van der Waals surface area contributed by atoms with Gasteiger partial charge in [-0.15, -0.1) is 0 Å². The Hall–Kier alpha value is -1.10. The number of hydrogen-bond donors (Lipinski definition) is 0. The monoisotopic (exact) mass is 324 g/mol. The van der Waals surface area contributed by atoms with Crippen LogP contribution >= 0.6 is 0 Å². The maximum absolute atomic E-state index is 12.3. The fourth-order valence-electron chi connectivity index (χ4n) is 3.82. The summed E-state index contributed by atoms with van der Waals surface area (Å²) in [5.41, 5.74) is 0.117. The van der Waals surface area contributed by atoms with E-state index >= 15 is 0 Å². The van der Waals surface area contributed by atoms with Crippen LogP contribution in [0.25, 0.3) is 0 Å². The lowest BCUT2D eigenvalue weighted by atomic mass is 9.73. The molecule has 2 amide bonds. The topological polar surface area (TPSA) is 49.9 Å². The van der Waals surface area contributed by atoms with Gasteiger partial charge >= 0.3 is 0 Å². The highest BCUT2D eigenvalue weighted by Gasteiger charge is 2.42. The van der Waals surface area contributed by atoms with E-state index in [1.165, 1.54) is 0 Å². The summed E-state index contributed by atoms with van der Waals surface area (Å²) in [4.78, 5) is 28.6. The number of nitrogens with zero attached hydrogens (tertiary/aromatic N) is 2. The standard InChI is InChI=1S/C18H32N2O3/c1-15(2)6-11-20-14-18(9-5-16(20)21)8-4-10-19(13-18)17(22)7-12-23-3/h15H,4-14H2,1-3H3/t18-/m0/s1. The molecule has 2 heterocycles. The number of hydrogen-bond acceptors (Lipinski definition) is 3. The van der Waals surface area contributed by atoms with Crippen LogP contribution in [0.1, 0.15) is 52.4 Å². The van der Waals surface area contributed by atoms with Gasteiger partial charge in [0.25, 0.3) is 0 Å². The summed E-state index contributed by atoms with van der Waals surface area (Å²) < 4.78 is 5.03. The maximum atomic E-state index is 12.3. The number of likely N-dealkylation sites (tertiary alicyclic amines) is 2.